The first-order valence-electron chi connectivity index (χ1n) is 6.19. The second-order valence-corrected chi connectivity index (χ2v) is 6.63. The topological polar surface area (TPSA) is 63.5 Å². The van der Waals surface area contributed by atoms with Crippen LogP contribution in [0.25, 0.3) is 5.65 Å². The molecule has 1 aromatic carbocycles. The number of rotatable bonds is 3. The van der Waals surface area contributed by atoms with E-state index < -0.39 is 10.0 Å². The van der Waals surface area contributed by atoms with Crippen LogP contribution in [-0.2, 0) is 10.0 Å². The molecule has 0 amide bonds. The number of nitrogens with zero attached hydrogens (tertiary/aromatic N) is 2. The molecule has 0 radical (unpaired) electrons. The summed E-state index contributed by atoms with van der Waals surface area (Å²) in [6, 6.07) is 9.72. The second-order valence-electron chi connectivity index (χ2n) is 4.57. The SMILES string of the molecule is Cc1cn2cccc(NS(=O)(=O)c3ccccc3Cl)c2n1. The lowest BCUT2D eigenvalue weighted by Crippen LogP contribution is -2.14. The van der Waals surface area contributed by atoms with E-state index >= 15 is 0 Å². The Morgan fingerprint density at radius 3 is 2.71 bits per heavy atom. The van der Waals surface area contributed by atoms with Crippen molar-refractivity contribution in [3.8, 4) is 0 Å². The van der Waals surface area contributed by atoms with E-state index in [4.69, 9.17) is 11.6 Å². The van der Waals surface area contributed by atoms with Crippen molar-refractivity contribution in [2.75, 3.05) is 4.72 Å². The number of halogens is 1. The van der Waals surface area contributed by atoms with Crippen LogP contribution >= 0.6 is 11.6 Å². The average Bonchev–Trinajstić information content (AvgIpc) is 2.80. The minimum Gasteiger partial charge on any atom is -0.305 e. The van der Waals surface area contributed by atoms with E-state index in [1.165, 1.54) is 12.1 Å². The molecule has 2 heterocycles. The van der Waals surface area contributed by atoms with E-state index in [-0.39, 0.29) is 9.92 Å². The van der Waals surface area contributed by atoms with Gasteiger partial charge < -0.3 is 4.40 Å². The lowest BCUT2D eigenvalue weighted by Gasteiger charge is -2.10. The fourth-order valence-corrected chi connectivity index (χ4v) is 3.66. The summed E-state index contributed by atoms with van der Waals surface area (Å²) in [6.45, 7) is 1.85. The van der Waals surface area contributed by atoms with Crippen LogP contribution in [0.1, 0.15) is 5.69 Å². The van der Waals surface area contributed by atoms with Gasteiger partial charge >= 0.3 is 0 Å². The van der Waals surface area contributed by atoms with Gasteiger partial charge in [-0.2, -0.15) is 0 Å². The Labute approximate surface area is 127 Å². The summed E-state index contributed by atoms with van der Waals surface area (Å²) in [7, 11) is -3.76. The van der Waals surface area contributed by atoms with Crippen LogP contribution in [-0.4, -0.2) is 17.8 Å². The Morgan fingerprint density at radius 1 is 1.19 bits per heavy atom. The van der Waals surface area contributed by atoms with E-state index in [1.807, 2.05) is 19.3 Å². The summed E-state index contributed by atoms with van der Waals surface area (Å²) in [5.41, 5.74) is 1.76. The molecular formula is C14H12ClN3O2S. The molecule has 21 heavy (non-hydrogen) atoms. The summed E-state index contributed by atoms with van der Waals surface area (Å²) in [5, 5.41) is 0.177. The molecule has 0 fully saturated rings. The maximum Gasteiger partial charge on any atom is 0.263 e. The monoisotopic (exact) mass is 321 g/mol. The lowest BCUT2D eigenvalue weighted by molar-refractivity contribution is 0.601. The van der Waals surface area contributed by atoms with E-state index in [0.29, 0.717) is 11.3 Å². The fraction of sp³-hybridized carbons (Fsp3) is 0.0714. The second kappa shape index (κ2) is 5.05. The number of imidazole rings is 1. The quantitative estimate of drug-likeness (QED) is 0.806. The summed E-state index contributed by atoms with van der Waals surface area (Å²) < 4.78 is 29.2. The van der Waals surface area contributed by atoms with Crippen molar-refractivity contribution in [3.63, 3.8) is 0 Å². The number of sulfonamides is 1. The van der Waals surface area contributed by atoms with E-state index in [1.54, 1.807) is 28.7 Å². The normalized spacial score (nSPS) is 11.7. The van der Waals surface area contributed by atoms with E-state index in [9.17, 15) is 8.42 Å². The molecule has 0 aliphatic heterocycles. The maximum atomic E-state index is 12.4. The Bertz CT molecular complexity index is 919. The molecule has 0 aliphatic carbocycles. The van der Waals surface area contributed by atoms with Gasteiger partial charge in [0.15, 0.2) is 5.65 Å². The first kappa shape index (κ1) is 13.9. The van der Waals surface area contributed by atoms with Crippen molar-refractivity contribution >= 4 is 33.0 Å². The molecule has 0 atom stereocenters. The molecule has 1 N–H and O–H groups in total. The number of benzene rings is 1. The molecule has 0 unspecified atom stereocenters. The van der Waals surface area contributed by atoms with Crippen LogP contribution < -0.4 is 4.72 Å². The molecule has 5 nitrogen and oxygen atoms in total. The fourth-order valence-electron chi connectivity index (χ4n) is 2.08. The van der Waals surface area contributed by atoms with Crippen molar-refractivity contribution in [3.05, 3.63) is 59.5 Å². The van der Waals surface area contributed by atoms with Crippen LogP contribution in [0.3, 0.4) is 0 Å². The largest absolute Gasteiger partial charge is 0.305 e. The van der Waals surface area contributed by atoms with E-state index in [2.05, 4.69) is 9.71 Å². The highest BCUT2D eigenvalue weighted by Gasteiger charge is 2.19. The zero-order valence-electron chi connectivity index (χ0n) is 11.1. The van der Waals surface area contributed by atoms with Gasteiger partial charge in [-0.25, -0.2) is 13.4 Å². The van der Waals surface area contributed by atoms with E-state index in [0.717, 1.165) is 5.69 Å². The van der Waals surface area contributed by atoms with Gasteiger partial charge in [0.2, 0.25) is 0 Å². The van der Waals surface area contributed by atoms with Crippen LogP contribution in [0.2, 0.25) is 5.02 Å². The molecule has 108 valence electrons. The molecule has 0 spiro atoms. The number of fused-ring (bicyclic) bond motifs is 1. The number of anilines is 1. The van der Waals surface area contributed by atoms with Crippen molar-refractivity contribution in [1.82, 2.24) is 9.38 Å². The van der Waals surface area contributed by atoms with Gasteiger partial charge in [-0.1, -0.05) is 23.7 Å². The summed E-state index contributed by atoms with van der Waals surface area (Å²) >= 11 is 5.96. The standard InChI is InChI=1S/C14H12ClN3O2S/c1-10-9-18-8-4-6-12(14(18)16-10)17-21(19,20)13-7-3-2-5-11(13)15/h2-9,17H,1H3. The molecule has 7 heteroatoms. The molecule has 3 rings (SSSR count). The summed E-state index contributed by atoms with van der Waals surface area (Å²) in [4.78, 5) is 4.36. The van der Waals surface area contributed by atoms with Crippen LogP contribution in [0.5, 0.6) is 0 Å². The van der Waals surface area contributed by atoms with Crippen molar-refractivity contribution in [2.24, 2.45) is 0 Å². The Hall–Kier alpha value is -2.05. The van der Waals surface area contributed by atoms with Crippen LogP contribution in [0.4, 0.5) is 5.69 Å². The highest BCUT2D eigenvalue weighted by Crippen LogP contribution is 2.25. The minimum atomic E-state index is -3.76. The number of hydrogen-bond donors (Lipinski definition) is 1. The van der Waals surface area contributed by atoms with Crippen molar-refractivity contribution < 1.29 is 8.42 Å². The predicted molar refractivity (Wildman–Crippen MR) is 82.2 cm³/mol. The number of aryl methyl sites for hydroxylation is 1. The summed E-state index contributed by atoms with van der Waals surface area (Å²) in [5.74, 6) is 0. The number of pyridine rings is 1. The van der Waals surface area contributed by atoms with Crippen molar-refractivity contribution in [1.29, 1.82) is 0 Å². The van der Waals surface area contributed by atoms with Gasteiger partial charge in [-0.3, -0.25) is 4.72 Å². The van der Waals surface area contributed by atoms with Gasteiger partial charge in [0.05, 0.1) is 16.4 Å². The van der Waals surface area contributed by atoms with Gasteiger partial charge in [-0.15, -0.1) is 0 Å². The van der Waals surface area contributed by atoms with Crippen molar-refractivity contribution in [2.45, 2.75) is 11.8 Å². The van der Waals surface area contributed by atoms with Gasteiger partial charge in [0, 0.05) is 12.4 Å². The predicted octanol–water partition coefficient (Wildman–Crippen LogP) is 3.10. The molecule has 0 saturated carbocycles. The third kappa shape index (κ3) is 2.59. The Morgan fingerprint density at radius 2 is 1.95 bits per heavy atom. The van der Waals surface area contributed by atoms with Crippen LogP contribution in [0, 0.1) is 6.92 Å². The highest BCUT2D eigenvalue weighted by atomic mass is 35.5. The van der Waals surface area contributed by atoms with Crippen LogP contribution in [0.15, 0.2) is 53.7 Å². The number of aromatic nitrogens is 2. The van der Waals surface area contributed by atoms with Gasteiger partial charge in [0.1, 0.15) is 4.90 Å². The molecule has 0 aliphatic rings. The first-order chi connectivity index (χ1) is 9.97. The average molecular weight is 322 g/mol. The third-order valence-electron chi connectivity index (χ3n) is 2.97. The Kier molecular flexibility index (Phi) is 3.35. The Balaban J connectivity index is 2.08. The van der Waals surface area contributed by atoms with Gasteiger partial charge in [-0.05, 0) is 31.2 Å². The third-order valence-corrected chi connectivity index (χ3v) is 4.84. The smallest absolute Gasteiger partial charge is 0.263 e. The summed E-state index contributed by atoms with van der Waals surface area (Å²) in [6.07, 6.45) is 3.63. The molecule has 0 bridgehead atoms. The first-order valence-corrected chi connectivity index (χ1v) is 8.05. The highest BCUT2D eigenvalue weighted by molar-refractivity contribution is 7.92. The van der Waals surface area contributed by atoms with Gasteiger partial charge in [0.25, 0.3) is 10.0 Å². The molecular weight excluding hydrogens is 310 g/mol. The maximum absolute atomic E-state index is 12.4. The number of hydrogen-bond acceptors (Lipinski definition) is 3. The zero-order chi connectivity index (χ0) is 15.0. The number of nitrogens with one attached hydrogen (secondary N) is 1. The zero-order valence-corrected chi connectivity index (χ0v) is 12.7. The molecule has 2 aromatic heterocycles. The molecule has 3 aromatic rings. The molecule has 0 saturated heterocycles. The lowest BCUT2D eigenvalue weighted by atomic mass is 10.4. The minimum absolute atomic E-state index is 0.0388.